The Balaban J connectivity index is 2.66. The molecule has 0 aliphatic rings. The summed E-state index contributed by atoms with van der Waals surface area (Å²) >= 11 is 1.81. The highest BCUT2D eigenvalue weighted by molar-refractivity contribution is 7.98. The maximum absolute atomic E-state index is 10.9. The highest BCUT2D eigenvalue weighted by atomic mass is 32.2. The van der Waals surface area contributed by atoms with Gasteiger partial charge >= 0.3 is 5.97 Å². The summed E-state index contributed by atoms with van der Waals surface area (Å²) in [5.41, 5.74) is 1.27. The van der Waals surface area contributed by atoms with Crippen molar-refractivity contribution in [2.45, 2.75) is 26.0 Å². The van der Waals surface area contributed by atoms with Crippen molar-refractivity contribution in [1.29, 1.82) is 0 Å². The van der Waals surface area contributed by atoms with Crippen LogP contribution in [-0.4, -0.2) is 23.9 Å². The van der Waals surface area contributed by atoms with Crippen LogP contribution in [-0.2, 0) is 5.75 Å². The van der Waals surface area contributed by atoms with Gasteiger partial charge in [-0.15, -0.1) is 0 Å². The molecule has 0 amide bonds. The second-order valence-corrected chi connectivity index (χ2v) is 5.67. The molecule has 0 aliphatic heterocycles. The molecule has 100 valence electrons. The molecule has 0 unspecified atom stereocenters. The van der Waals surface area contributed by atoms with Crippen molar-refractivity contribution < 1.29 is 14.6 Å². The van der Waals surface area contributed by atoms with Crippen molar-refractivity contribution in [3.05, 3.63) is 29.3 Å². The zero-order valence-corrected chi connectivity index (χ0v) is 11.9. The number of carboxylic acids is 1. The summed E-state index contributed by atoms with van der Waals surface area (Å²) in [6.07, 6.45) is 1.17. The topological polar surface area (TPSA) is 46.5 Å². The van der Waals surface area contributed by atoms with Gasteiger partial charge in [-0.2, -0.15) is 11.8 Å². The molecule has 0 aromatic heterocycles. The molecule has 0 aliphatic carbocycles. The number of hydrogen-bond acceptors (Lipinski definition) is 3. The molecule has 0 bridgehead atoms. The molecule has 0 saturated heterocycles. The number of aromatic carboxylic acids is 1. The van der Waals surface area contributed by atoms with Crippen LogP contribution in [0.25, 0.3) is 0 Å². The molecular weight excluding hydrogens is 248 g/mol. The number of rotatable bonds is 7. The van der Waals surface area contributed by atoms with Gasteiger partial charge in [-0.1, -0.05) is 13.8 Å². The number of ether oxygens (including phenoxy) is 1. The van der Waals surface area contributed by atoms with E-state index in [1.54, 1.807) is 25.3 Å². The lowest BCUT2D eigenvalue weighted by molar-refractivity contribution is 0.0696. The second-order valence-electron chi connectivity index (χ2n) is 4.57. The molecule has 3 nitrogen and oxygen atoms in total. The van der Waals surface area contributed by atoms with E-state index >= 15 is 0 Å². The molecule has 0 spiro atoms. The van der Waals surface area contributed by atoms with Crippen LogP contribution in [0, 0.1) is 5.92 Å². The zero-order chi connectivity index (χ0) is 13.5. The lowest BCUT2D eigenvalue weighted by Gasteiger charge is -2.10. The first kappa shape index (κ1) is 14.9. The van der Waals surface area contributed by atoms with Crippen LogP contribution in [0.3, 0.4) is 0 Å². The van der Waals surface area contributed by atoms with Gasteiger partial charge in [-0.25, -0.2) is 4.79 Å². The summed E-state index contributed by atoms with van der Waals surface area (Å²) in [5.74, 6) is 2.43. The Labute approximate surface area is 113 Å². The van der Waals surface area contributed by atoms with E-state index in [4.69, 9.17) is 9.84 Å². The molecule has 1 aromatic carbocycles. The van der Waals surface area contributed by atoms with Gasteiger partial charge in [0.2, 0.25) is 0 Å². The summed E-state index contributed by atoms with van der Waals surface area (Å²) in [6.45, 7) is 4.40. The Morgan fingerprint density at radius 3 is 2.72 bits per heavy atom. The van der Waals surface area contributed by atoms with Crippen molar-refractivity contribution in [1.82, 2.24) is 0 Å². The van der Waals surface area contributed by atoms with Crippen LogP contribution in [0.2, 0.25) is 0 Å². The zero-order valence-electron chi connectivity index (χ0n) is 11.1. The van der Waals surface area contributed by atoms with Gasteiger partial charge in [0.1, 0.15) is 5.75 Å². The van der Waals surface area contributed by atoms with E-state index < -0.39 is 5.97 Å². The third-order valence-corrected chi connectivity index (χ3v) is 3.66. The lowest BCUT2D eigenvalue weighted by atomic mass is 10.1. The van der Waals surface area contributed by atoms with Crippen LogP contribution in [0.1, 0.15) is 36.2 Å². The molecule has 0 fully saturated rings. The Morgan fingerprint density at radius 1 is 1.44 bits per heavy atom. The van der Waals surface area contributed by atoms with E-state index in [1.807, 2.05) is 11.8 Å². The predicted octanol–water partition coefficient (Wildman–Crippen LogP) is 3.67. The number of methoxy groups -OCH3 is 1. The monoisotopic (exact) mass is 268 g/mol. The second kappa shape index (κ2) is 7.31. The molecule has 0 radical (unpaired) electrons. The number of carbonyl (C=O) groups is 1. The third kappa shape index (κ3) is 4.61. The first-order valence-corrected chi connectivity index (χ1v) is 7.18. The lowest BCUT2D eigenvalue weighted by Crippen LogP contribution is -1.99. The fourth-order valence-electron chi connectivity index (χ4n) is 1.53. The molecule has 1 rings (SSSR count). The summed E-state index contributed by atoms with van der Waals surface area (Å²) in [4.78, 5) is 10.9. The molecule has 1 aromatic rings. The van der Waals surface area contributed by atoms with Gasteiger partial charge in [0, 0.05) is 11.3 Å². The van der Waals surface area contributed by atoms with Crippen LogP contribution >= 0.6 is 11.8 Å². The van der Waals surface area contributed by atoms with Crippen LogP contribution in [0.5, 0.6) is 5.75 Å². The SMILES string of the molecule is COc1ccc(C(=O)O)cc1CSCCC(C)C. The van der Waals surface area contributed by atoms with Crippen LogP contribution < -0.4 is 4.74 Å². The summed E-state index contributed by atoms with van der Waals surface area (Å²) in [6, 6.07) is 4.99. The maximum Gasteiger partial charge on any atom is 0.335 e. The number of carboxylic acid groups (broad SMARTS) is 1. The van der Waals surface area contributed by atoms with Crippen LogP contribution in [0.15, 0.2) is 18.2 Å². The van der Waals surface area contributed by atoms with Crippen molar-refractivity contribution in [2.24, 2.45) is 5.92 Å². The predicted molar refractivity (Wildman–Crippen MR) is 75.6 cm³/mol. The minimum absolute atomic E-state index is 0.315. The van der Waals surface area contributed by atoms with Gasteiger partial charge in [0.15, 0.2) is 0 Å². The largest absolute Gasteiger partial charge is 0.496 e. The standard InChI is InChI=1S/C14H20O3S/c1-10(2)6-7-18-9-12-8-11(14(15)16)4-5-13(12)17-3/h4-5,8,10H,6-7,9H2,1-3H3,(H,15,16). The number of thioether (sulfide) groups is 1. The summed E-state index contributed by atoms with van der Waals surface area (Å²) in [7, 11) is 1.61. The minimum Gasteiger partial charge on any atom is -0.496 e. The Bertz CT molecular complexity index is 402. The quantitative estimate of drug-likeness (QED) is 0.766. The average molecular weight is 268 g/mol. The molecule has 1 N–H and O–H groups in total. The maximum atomic E-state index is 10.9. The number of benzene rings is 1. The van der Waals surface area contributed by atoms with E-state index in [0.717, 1.165) is 22.8 Å². The van der Waals surface area contributed by atoms with E-state index in [9.17, 15) is 4.79 Å². The van der Waals surface area contributed by atoms with Crippen molar-refractivity contribution >= 4 is 17.7 Å². The fraction of sp³-hybridized carbons (Fsp3) is 0.500. The van der Waals surface area contributed by atoms with Crippen molar-refractivity contribution in [3.63, 3.8) is 0 Å². The molecule has 18 heavy (non-hydrogen) atoms. The summed E-state index contributed by atoms with van der Waals surface area (Å²) < 4.78 is 5.25. The van der Waals surface area contributed by atoms with Crippen molar-refractivity contribution in [2.75, 3.05) is 12.9 Å². The fourth-order valence-corrected chi connectivity index (χ4v) is 2.75. The number of hydrogen-bond donors (Lipinski definition) is 1. The van der Waals surface area contributed by atoms with Gasteiger partial charge in [-0.3, -0.25) is 0 Å². The third-order valence-electron chi connectivity index (χ3n) is 2.62. The first-order valence-electron chi connectivity index (χ1n) is 6.02. The smallest absolute Gasteiger partial charge is 0.335 e. The van der Waals surface area contributed by atoms with Gasteiger partial charge in [0.25, 0.3) is 0 Å². The van der Waals surface area contributed by atoms with Gasteiger partial charge < -0.3 is 9.84 Å². The van der Waals surface area contributed by atoms with E-state index in [2.05, 4.69) is 13.8 Å². The first-order chi connectivity index (χ1) is 8.54. The van der Waals surface area contributed by atoms with Gasteiger partial charge in [-0.05, 0) is 36.3 Å². The Hall–Kier alpha value is -1.16. The minimum atomic E-state index is -0.897. The Morgan fingerprint density at radius 2 is 2.17 bits per heavy atom. The van der Waals surface area contributed by atoms with E-state index in [1.165, 1.54) is 6.42 Å². The molecule has 0 saturated carbocycles. The molecule has 4 heteroatoms. The highest BCUT2D eigenvalue weighted by Gasteiger charge is 2.09. The molecule has 0 atom stereocenters. The summed E-state index contributed by atoms with van der Waals surface area (Å²) in [5, 5.41) is 8.97. The van der Waals surface area contributed by atoms with Gasteiger partial charge in [0.05, 0.1) is 12.7 Å². The molecule has 0 heterocycles. The normalized spacial score (nSPS) is 10.7. The average Bonchev–Trinajstić information content (AvgIpc) is 2.34. The Kier molecular flexibility index (Phi) is 6.05. The van der Waals surface area contributed by atoms with E-state index in [0.29, 0.717) is 11.5 Å². The molecular formula is C14H20O3S. The van der Waals surface area contributed by atoms with E-state index in [-0.39, 0.29) is 0 Å². The van der Waals surface area contributed by atoms with Crippen LogP contribution in [0.4, 0.5) is 0 Å². The van der Waals surface area contributed by atoms with Crippen molar-refractivity contribution in [3.8, 4) is 5.75 Å². The highest BCUT2D eigenvalue weighted by Crippen LogP contribution is 2.25.